The summed E-state index contributed by atoms with van der Waals surface area (Å²) in [6.07, 6.45) is 12.1. The number of carbonyl (C=O) groups excluding carboxylic acids is 1. The van der Waals surface area contributed by atoms with E-state index in [9.17, 15) is 4.79 Å². The molecule has 0 aromatic carbocycles. The van der Waals surface area contributed by atoms with Crippen LogP contribution < -0.4 is 10.6 Å². The van der Waals surface area contributed by atoms with E-state index in [1.54, 1.807) is 0 Å². The maximum atomic E-state index is 12.9. The smallest absolute Gasteiger partial charge is 0.410 e. The van der Waals surface area contributed by atoms with Crippen molar-refractivity contribution in [1.29, 1.82) is 0 Å². The first-order valence-corrected chi connectivity index (χ1v) is 9.33. The maximum absolute atomic E-state index is 12.9. The molecule has 2 heterocycles. The average Bonchev–Trinajstić information content (AvgIpc) is 3.17. The van der Waals surface area contributed by atoms with Crippen LogP contribution in [0.1, 0.15) is 52.9 Å². The van der Waals surface area contributed by atoms with Crippen molar-refractivity contribution in [3.63, 3.8) is 0 Å². The molecular formula is C19H29N3O2. The lowest BCUT2D eigenvalue weighted by atomic mass is 10.0. The van der Waals surface area contributed by atoms with Gasteiger partial charge in [0, 0.05) is 11.7 Å². The van der Waals surface area contributed by atoms with Crippen LogP contribution in [0.4, 0.5) is 4.79 Å². The molecule has 1 amide bonds. The van der Waals surface area contributed by atoms with Crippen molar-refractivity contribution in [2.45, 2.75) is 82.8 Å². The first-order valence-electron chi connectivity index (χ1n) is 9.33. The van der Waals surface area contributed by atoms with Gasteiger partial charge in [0.2, 0.25) is 0 Å². The number of allylic oxidation sites excluding steroid dienone is 2. The summed E-state index contributed by atoms with van der Waals surface area (Å²) in [6.45, 7) is 5.83. The third-order valence-corrected chi connectivity index (χ3v) is 5.73. The fourth-order valence-electron chi connectivity index (χ4n) is 4.79. The number of hydrogen-bond acceptors (Lipinski definition) is 4. The normalized spacial score (nSPS) is 37.7. The molecule has 2 aliphatic carbocycles. The molecule has 0 radical (unpaired) electrons. The lowest BCUT2D eigenvalue weighted by Crippen LogP contribution is -2.54. The minimum atomic E-state index is -0.449. The van der Waals surface area contributed by atoms with E-state index < -0.39 is 5.60 Å². The molecule has 2 aliphatic heterocycles. The molecule has 3 fully saturated rings. The molecule has 5 nitrogen and oxygen atoms in total. The highest BCUT2D eigenvalue weighted by molar-refractivity contribution is 5.70. The number of amides is 1. The zero-order valence-corrected chi connectivity index (χ0v) is 14.9. The van der Waals surface area contributed by atoms with E-state index >= 15 is 0 Å². The molecule has 2 unspecified atom stereocenters. The van der Waals surface area contributed by atoms with Crippen molar-refractivity contribution in [2.24, 2.45) is 5.92 Å². The Labute approximate surface area is 144 Å². The van der Waals surface area contributed by atoms with Crippen molar-refractivity contribution in [3.8, 4) is 0 Å². The van der Waals surface area contributed by atoms with Gasteiger partial charge in [-0.1, -0.05) is 18.6 Å². The van der Waals surface area contributed by atoms with E-state index in [-0.39, 0.29) is 18.3 Å². The minimum absolute atomic E-state index is 0.124. The van der Waals surface area contributed by atoms with Gasteiger partial charge in [-0.25, -0.2) is 4.79 Å². The summed E-state index contributed by atoms with van der Waals surface area (Å²) in [7, 11) is 0. The van der Waals surface area contributed by atoms with Gasteiger partial charge < -0.3 is 10.1 Å². The van der Waals surface area contributed by atoms with Gasteiger partial charge in [-0.3, -0.25) is 10.2 Å². The Morgan fingerprint density at radius 2 is 2.12 bits per heavy atom. The summed E-state index contributed by atoms with van der Waals surface area (Å²) in [4.78, 5) is 15.0. The molecular weight excluding hydrogens is 302 g/mol. The Balaban J connectivity index is 1.54. The summed E-state index contributed by atoms with van der Waals surface area (Å²) in [6, 6.07) is 0.880. The van der Waals surface area contributed by atoms with Gasteiger partial charge in [0.05, 0.1) is 18.2 Å². The van der Waals surface area contributed by atoms with Crippen LogP contribution in [0.15, 0.2) is 23.9 Å². The van der Waals surface area contributed by atoms with Gasteiger partial charge in [0.15, 0.2) is 0 Å². The molecule has 2 N–H and O–H groups in total. The average molecular weight is 331 g/mol. The van der Waals surface area contributed by atoms with E-state index in [0.717, 1.165) is 19.3 Å². The van der Waals surface area contributed by atoms with Crippen molar-refractivity contribution in [3.05, 3.63) is 23.9 Å². The van der Waals surface area contributed by atoms with E-state index in [4.69, 9.17) is 4.74 Å². The first kappa shape index (κ1) is 16.0. The van der Waals surface area contributed by atoms with Crippen LogP contribution in [0.5, 0.6) is 0 Å². The number of nitrogens with zero attached hydrogens (tertiary/aromatic N) is 1. The third kappa shape index (κ3) is 2.83. The molecule has 132 valence electrons. The fraction of sp³-hybridized carbons (Fsp3) is 0.737. The Morgan fingerprint density at radius 3 is 2.88 bits per heavy atom. The molecule has 5 atom stereocenters. The van der Waals surface area contributed by atoms with Crippen LogP contribution in [-0.4, -0.2) is 40.9 Å². The number of hydrogen-bond donors (Lipinski definition) is 2. The molecule has 5 heteroatoms. The van der Waals surface area contributed by atoms with Crippen LogP contribution in [0.2, 0.25) is 0 Å². The van der Waals surface area contributed by atoms with Crippen LogP contribution in [0.3, 0.4) is 0 Å². The Hall–Kier alpha value is -1.49. The molecule has 4 rings (SSSR count). The highest BCUT2D eigenvalue weighted by atomic mass is 16.6. The first-order chi connectivity index (χ1) is 11.4. The topological polar surface area (TPSA) is 53.6 Å². The predicted molar refractivity (Wildman–Crippen MR) is 93.3 cm³/mol. The number of likely N-dealkylation sites (tertiary alicyclic amines) is 1. The van der Waals surface area contributed by atoms with Gasteiger partial charge >= 0.3 is 6.09 Å². The van der Waals surface area contributed by atoms with Crippen LogP contribution in [0.25, 0.3) is 0 Å². The third-order valence-electron chi connectivity index (χ3n) is 5.73. The second kappa shape index (κ2) is 5.80. The van der Waals surface area contributed by atoms with Crippen molar-refractivity contribution >= 4 is 6.09 Å². The monoisotopic (exact) mass is 331 g/mol. The summed E-state index contributed by atoms with van der Waals surface area (Å²) in [5, 5.41) is 7.31. The lowest BCUT2D eigenvalue weighted by Gasteiger charge is -2.35. The quantitative estimate of drug-likeness (QED) is 0.776. The van der Waals surface area contributed by atoms with Crippen molar-refractivity contribution in [1.82, 2.24) is 15.5 Å². The van der Waals surface area contributed by atoms with Crippen LogP contribution in [-0.2, 0) is 4.74 Å². The number of ether oxygens (including phenoxy) is 1. The predicted octanol–water partition coefficient (Wildman–Crippen LogP) is 2.90. The summed E-state index contributed by atoms with van der Waals surface area (Å²) >= 11 is 0. The van der Waals surface area contributed by atoms with Gasteiger partial charge in [-0.15, -0.1) is 0 Å². The van der Waals surface area contributed by atoms with E-state index in [1.807, 2.05) is 20.8 Å². The zero-order valence-electron chi connectivity index (χ0n) is 14.9. The Kier molecular flexibility index (Phi) is 3.87. The van der Waals surface area contributed by atoms with E-state index in [1.165, 1.54) is 18.5 Å². The highest BCUT2D eigenvalue weighted by Crippen LogP contribution is 2.43. The molecule has 24 heavy (non-hydrogen) atoms. The van der Waals surface area contributed by atoms with Crippen LogP contribution >= 0.6 is 0 Å². The number of carbonyl (C=O) groups is 1. The van der Waals surface area contributed by atoms with Crippen LogP contribution in [0, 0.1) is 5.92 Å². The molecule has 0 aromatic heterocycles. The molecule has 0 aromatic rings. The Bertz CT molecular complexity index is 578. The molecule has 0 bridgehead atoms. The van der Waals surface area contributed by atoms with Gasteiger partial charge in [0.25, 0.3) is 0 Å². The van der Waals surface area contributed by atoms with Crippen molar-refractivity contribution < 1.29 is 9.53 Å². The minimum Gasteiger partial charge on any atom is -0.444 e. The number of fused-ring (bicyclic) bond motifs is 2. The number of nitrogens with one attached hydrogen (secondary N) is 2. The zero-order chi connectivity index (χ0) is 16.9. The lowest BCUT2D eigenvalue weighted by molar-refractivity contribution is 0.0103. The molecule has 2 saturated heterocycles. The highest BCUT2D eigenvalue weighted by Gasteiger charge is 2.51. The van der Waals surface area contributed by atoms with Gasteiger partial charge in [-0.05, 0) is 58.4 Å². The molecule has 0 spiro atoms. The van der Waals surface area contributed by atoms with E-state index in [2.05, 4.69) is 33.8 Å². The van der Waals surface area contributed by atoms with Crippen molar-refractivity contribution in [2.75, 3.05) is 0 Å². The largest absolute Gasteiger partial charge is 0.444 e. The van der Waals surface area contributed by atoms with Gasteiger partial charge in [0.1, 0.15) is 5.60 Å². The maximum Gasteiger partial charge on any atom is 0.410 e. The second-order valence-corrected chi connectivity index (χ2v) is 8.58. The summed E-state index contributed by atoms with van der Waals surface area (Å²) in [5.74, 6) is 0.626. The standard InChI is InChI=1S/C19H29N3O2/c1-19(2,3)24-18(23)22-15-10-6-7-12(15)11-16(22)17-20-13-8-4-5-9-14(13)21-17/h4-5,8,12,14-17,20-21H,6-7,9-11H2,1-3H3/t12-,14?,15-,16-,17?/m0/s1. The summed E-state index contributed by atoms with van der Waals surface area (Å²) in [5.41, 5.74) is 0.804. The summed E-state index contributed by atoms with van der Waals surface area (Å²) < 4.78 is 5.74. The number of rotatable bonds is 1. The fourth-order valence-corrected chi connectivity index (χ4v) is 4.79. The molecule has 1 saturated carbocycles. The molecule has 4 aliphatic rings. The SMILES string of the molecule is CC(C)(C)OC(=O)N1[C@H](C2NC3=CC=CCC3N2)C[C@@H]2CCC[C@@H]21. The Morgan fingerprint density at radius 1 is 1.29 bits per heavy atom. The van der Waals surface area contributed by atoms with Gasteiger partial charge in [-0.2, -0.15) is 0 Å². The van der Waals surface area contributed by atoms with E-state index in [0.29, 0.717) is 18.0 Å². The second-order valence-electron chi connectivity index (χ2n) is 8.58.